The van der Waals surface area contributed by atoms with Crippen molar-refractivity contribution in [2.24, 2.45) is 0 Å². The molecule has 1 aromatic carbocycles. The van der Waals surface area contributed by atoms with Crippen LogP contribution in [0.25, 0.3) is 0 Å². The summed E-state index contributed by atoms with van der Waals surface area (Å²) in [5.74, 6) is -0.860. The summed E-state index contributed by atoms with van der Waals surface area (Å²) in [5, 5.41) is 4.06. The Kier molecular flexibility index (Phi) is 4.42. The molecule has 2 rings (SSSR count). The van der Waals surface area contributed by atoms with Crippen LogP contribution in [0.2, 0.25) is 0 Å². The second-order valence-corrected chi connectivity index (χ2v) is 4.32. The number of hydrogen-bond acceptors (Lipinski definition) is 5. The minimum atomic E-state index is -0.574. The van der Waals surface area contributed by atoms with E-state index in [2.05, 4.69) is 5.10 Å². The van der Waals surface area contributed by atoms with Crippen molar-refractivity contribution < 1.29 is 18.7 Å². The Morgan fingerprint density at radius 2 is 2.24 bits per heavy atom. The van der Waals surface area contributed by atoms with Gasteiger partial charge in [0.25, 0.3) is 0 Å². The van der Waals surface area contributed by atoms with Gasteiger partial charge in [-0.2, -0.15) is 5.10 Å². The molecule has 0 amide bonds. The fourth-order valence-corrected chi connectivity index (χ4v) is 1.87. The first-order valence-corrected chi connectivity index (χ1v) is 6.37. The van der Waals surface area contributed by atoms with E-state index in [1.807, 2.05) is 0 Å². The number of carbonyl (C=O) groups excluding carboxylic acids is 1. The lowest BCUT2D eigenvalue weighted by Crippen LogP contribution is -2.09. The van der Waals surface area contributed by atoms with Gasteiger partial charge >= 0.3 is 5.97 Å². The molecular formula is C14H16FN3O3. The number of anilines is 1. The van der Waals surface area contributed by atoms with E-state index in [1.54, 1.807) is 13.0 Å². The van der Waals surface area contributed by atoms with E-state index < -0.39 is 11.8 Å². The quantitative estimate of drug-likeness (QED) is 0.851. The van der Waals surface area contributed by atoms with Gasteiger partial charge in [0.2, 0.25) is 0 Å². The van der Waals surface area contributed by atoms with E-state index in [4.69, 9.17) is 15.2 Å². The summed E-state index contributed by atoms with van der Waals surface area (Å²) in [7, 11) is 1.40. The Balaban J connectivity index is 2.18. The smallest absolute Gasteiger partial charge is 0.361 e. The maximum absolute atomic E-state index is 13.6. The number of rotatable bonds is 5. The van der Waals surface area contributed by atoms with Crippen LogP contribution >= 0.6 is 0 Å². The Bertz CT molecular complexity index is 655. The lowest BCUT2D eigenvalue weighted by Gasteiger charge is -2.05. The van der Waals surface area contributed by atoms with Gasteiger partial charge in [0.05, 0.1) is 25.9 Å². The Hall–Kier alpha value is -2.57. The molecule has 6 nitrogen and oxygen atoms in total. The van der Waals surface area contributed by atoms with E-state index in [0.29, 0.717) is 5.56 Å². The standard InChI is InChI=1S/C14H16FN3O3/c1-3-21-14(19)13-11(16)8-18(17-13)7-9-4-5-12(20-2)10(15)6-9/h4-6,8H,3,7,16H2,1-2H3. The Labute approximate surface area is 121 Å². The zero-order valence-electron chi connectivity index (χ0n) is 11.8. The summed E-state index contributed by atoms with van der Waals surface area (Å²) in [6.45, 7) is 2.23. The van der Waals surface area contributed by atoms with Crippen LogP contribution in [-0.4, -0.2) is 29.5 Å². The number of nitrogens with two attached hydrogens (primary N) is 1. The van der Waals surface area contributed by atoms with Gasteiger partial charge in [0.15, 0.2) is 17.3 Å². The topological polar surface area (TPSA) is 79.4 Å². The lowest BCUT2D eigenvalue weighted by molar-refractivity contribution is 0.0519. The summed E-state index contributed by atoms with van der Waals surface area (Å²) in [4.78, 5) is 11.6. The molecule has 0 spiro atoms. The molecular weight excluding hydrogens is 277 g/mol. The van der Waals surface area contributed by atoms with Crippen molar-refractivity contribution in [3.63, 3.8) is 0 Å². The molecule has 0 aliphatic rings. The van der Waals surface area contributed by atoms with Crippen LogP contribution in [0.3, 0.4) is 0 Å². The summed E-state index contributed by atoms with van der Waals surface area (Å²) in [6.07, 6.45) is 1.51. The number of methoxy groups -OCH3 is 1. The predicted octanol–water partition coefficient (Wildman–Crippen LogP) is 1.84. The third-order valence-electron chi connectivity index (χ3n) is 2.82. The summed E-state index contributed by atoms with van der Waals surface area (Å²) in [5.41, 5.74) is 6.68. The van der Waals surface area contributed by atoms with Gasteiger partial charge in [0, 0.05) is 6.20 Å². The van der Waals surface area contributed by atoms with Gasteiger partial charge in [-0.15, -0.1) is 0 Å². The van der Waals surface area contributed by atoms with Crippen molar-refractivity contribution in [2.75, 3.05) is 19.5 Å². The normalized spacial score (nSPS) is 10.4. The minimum absolute atomic E-state index is 0.0610. The first kappa shape index (κ1) is 14.8. The number of aromatic nitrogens is 2. The molecule has 0 saturated carbocycles. The molecule has 0 radical (unpaired) electrons. The first-order chi connectivity index (χ1) is 10.0. The lowest BCUT2D eigenvalue weighted by atomic mass is 10.2. The van der Waals surface area contributed by atoms with Crippen molar-refractivity contribution in [3.05, 3.63) is 41.5 Å². The van der Waals surface area contributed by atoms with Crippen LogP contribution in [0.1, 0.15) is 23.0 Å². The average molecular weight is 293 g/mol. The number of halogens is 1. The van der Waals surface area contributed by atoms with Crippen LogP contribution < -0.4 is 10.5 Å². The molecule has 0 bridgehead atoms. The molecule has 112 valence electrons. The highest BCUT2D eigenvalue weighted by molar-refractivity contribution is 5.92. The minimum Gasteiger partial charge on any atom is -0.494 e. The number of nitrogens with zero attached hydrogens (tertiary/aromatic N) is 2. The van der Waals surface area contributed by atoms with Crippen molar-refractivity contribution in [2.45, 2.75) is 13.5 Å². The van der Waals surface area contributed by atoms with Gasteiger partial charge < -0.3 is 15.2 Å². The third-order valence-corrected chi connectivity index (χ3v) is 2.82. The van der Waals surface area contributed by atoms with Crippen LogP contribution in [0.5, 0.6) is 5.75 Å². The van der Waals surface area contributed by atoms with Crippen molar-refractivity contribution in [3.8, 4) is 5.75 Å². The number of carbonyl (C=O) groups is 1. The second kappa shape index (κ2) is 6.25. The molecule has 0 unspecified atom stereocenters. The van der Waals surface area contributed by atoms with Crippen molar-refractivity contribution in [1.29, 1.82) is 0 Å². The van der Waals surface area contributed by atoms with E-state index in [-0.39, 0.29) is 30.3 Å². The van der Waals surface area contributed by atoms with Gasteiger partial charge in [0.1, 0.15) is 0 Å². The fraction of sp³-hybridized carbons (Fsp3) is 0.286. The van der Waals surface area contributed by atoms with Crippen molar-refractivity contribution in [1.82, 2.24) is 9.78 Å². The van der Waals surface area contributed by atoms with Gasteiger partial charge in [-0.3, -0.25) is 4.68 Å². The van der Waals surface area contributed by atoms with Crippen LogP contribution in [0.15, 0.2) is 24.4 Å². The highest BCUT2D eigenvalue weighted by Crippen LogP contribution is 2.19. The Morgan fingerprint density at radius 1 is 1.48 bits per heavy atom. The molecule has 0 aliphatic heterocycles. The zero-order valence-corrected chi connectivity index (χ0v) is 11.8. The maximum Gasteiger partial charge on any atom is 0.361 e. The van der Waals surface area contributed by atoms with Gasteiger partial charge in [-0.05, 0) is 24.6 Å². The molecule has 1 heterocycles. The highest BCUT2D eigenvalue weighted by Gasteiger charge is 2.16. The average Bonchev–Trinajstić information content (AvgIpc) is 2.80. The zero-order chi connectivity index (χ0) is 15.4. The number of hydrogen-bond donors (Lipinski definition) is 1. The monoisotopic (exact) mass is 293 g/mol. The molecule has 0 atom stereocenters. The maximum atomic E-state index is 13.6. The van der Waals surface area contributed by atoms with Gasteiger partial charge in [-0.1, -0.05) is 6.07 Å². The molecule has 2 aromatic rings. The van der Waals surface area contributed by atoms with E-state index in [1.165, 1.54) is 30.1 Å². The molecule has 7 heteroatoms. The second-order valence-electron chi connectivity index (χ2n) is 4.32. The summed E-state index contributed by atoms with van der Waals surface area (Å²) >= 11 is 0. The molecule has 1 aromatic heterocycles. The predicted molar refractivity (Wildman–Crippen MR) is 74.6 cm³/mol. The van der Waals surface area contributed by atoms with E-state index >= 15 is 0 Å². The first-order valence-electron chi connectivity index (χ1n) is 6.37. The number of benzene rings is 1. The third kappa shape index (κ3) is 3.31. The van der Waals surface area contributed by atoms with E-state index in [0.717, 1.165) is 0 Å². The molecule has 0 fully saturated rings. The molecule has 0 saturated heterocycles. The van der Waals surface area contributed by atoms with Crippen LogP contribution in [0.4, 0.5) is 10.1 Å². The SMILES string of the molecule is CCOC(=O)c1nn(Cc2ccc(OC)c(F)c2)cc1N. The van der Waals surface area contributed by atoms with Crippen molar-refractivity contribution >= 4 is 11.7 Å². The largest absolute Gasteiger partial charge is 0.494 e. The van der Waals surface area contributed by atoms with Crippen LogP contribution in [-0.2, 0) is 11.3 Å². The number of nitrogen functional groups attached to an aromatic ring is 1. The summed E-state index contributed by atoms with van der Waals surface area (Å²) in [6, 6.07) is 4.59. The summed E-state index contributed by atoms with van der Waals surface area (Å²) < 4.78 is 24.8. The molecule has 21 heavy (non-hydrogen) atoms. The van der Waals surface area contributed by atoms with Crippen LogP contribution in [0, 0.1) is 5.82 Å². The van der Waals surface area contributed by atoms with Gasteiger partial charge in [-0.25, -0.2) is 9.18 Å². The molecule has 2 N–H and O–H groups in total. The highest BCUT2D eigenvalue weighted by atomic mass is 19.1. The van der Waals surface area contributed by atoms with E-state index in [9.17, 15) is 9.18 Å². The number of esters is 1. The fourth-order valence-electron chi connectivity index (χ4n) is 1.87. The number of ether oxygens (including phenoxy) is 2. The Morgan fingerprint density at radius 3 is 2.86 bits per heavy atom. The molecule has 0 aliphatic carbocycles.